The van der Waals surface area contributed by atoms with Gasteiger partial charge in [-0.15, -0.1) is 0 Å². The smallest absolute Gasteiger partial charge is 0.261 e. The molecule has 0 fully saturated rings. The fourth-order valence-electron chi connectivity index (χ4n) is 3.22. The number of sulfonamides is 2. The number of nitrogens with one attached hydrogen (secondary N) is 1. The normalized spacial score (nSPS) is 15.3. The molecule has 3 rings (SSSR count). The zero-order chi connectivity index (χ0) is 19.7. The van der Waals surface area contributed by atoms with E-state index in [2.05, 4.69) is 11.6 Å². The minimum Gasteiger partial charge on any atom is -0.280 e. The van der Waals surface area contributed by atoms with Crippen molar-refractivity contribution in [2.45, 2.75) is 37.6 Å². The maximum atomic E-state index is 12.6. The van der Waals surface area contributed by atoms with E-state index in [1.807, 2.05) is 18.2 Å². The van der Waals surface area contributed by atoms with E-state index in [-0.39, 0.29) is 11.4 Å². The fourth-order valence-corrected chi connectivity index (χ4v) is 5.06. The molecule has 146 valence electrons. The molecule has 0 spiro atoms. The van der Waals surface area contributed by atoms with Crippen LogP contribution in [0.25, 0.3) is 0 Å². The summed E-state index contributed by atoms with van der Waals surface area (Å²) in [5, 5.41) is 0. The van der Waals surface area contributed by atoms with E-state index in [4.69, 9.17) is 0 Å². The standard InChI is InChI=1S/C19H24N2O4S2/c1-3-4-15-5-9-19(10-6-15)27(24,25)20-18-8-7-16-11-12-21(26(2,22)23)14-17(16)13-18/h5-10,13,20H,3-4,11-12,14H2,1-2H3. The lowest BCUT2D eigenvalue weighted by Crippen LogP contribution is -2.35. The molecule has 0 aliphatic carbocycles. The molecule has 0 bridgehead atoms. The average molecular weight is 409 g/mol. The molecule has 1 aliphatic heterocycles. The van der Waals surface area contributed by atoms with Crippen molar-refractivity contribution >= 4 is 25.7 Å². The second-order valence-corrected chi connectivity index (χ2v) is 10.5. The van der Waals surface area contributed by atoms with Crippen molar-refractivity contribution in [3.8, 4) is 0 Å². The molecule has 1 N–H and O–H groups in total. The average Bonchev–Trinajstić information content (AvgIpc) is 2.61. The number of rotatable bonds is 6. The van der Waals surface area contributed by atoms with Crippen molar-refractivity contribution in [2.75, 3.05) is 17.5 Å². The quantitative estimate of drug-likeness (QED) is 0.797. The number of aryl methyl sites for hydroxylation is 1. The van der Waals surface area contributed by atoms with Gasteiger partial charge in [0.25, 0.3) is 10.0 Å². The van der Waals surface area contributed by atoms with Crippen LogP contribution in [0.15, 0.2) is 47.4 Å². The largest absolute Gasteiger partial charge is 0.280 e. The zero-order valence-electron chi connectivity index (χ0n) is 15.5. The molecule has 2 aromatic carbocycles. The lowest BCUT2D eigenvalue weighted by Gasteiger charge is -2.27. The van der Waals surface area contributed by atoms with Gasteiger partial charge in [0, 0.05) is 18.8 Å². The van der Waals surface area contributed by atoms with Gasteiger partial charge >= 0.3 is 0 Å². The fraction of sp³-hybridized carbons (Fsp3) is 0.368. The van der Waals surface area contributed by atoms with E-state index in [0.29, 0.717) is 18.7 Å². The summed E-state index contributed by atoms with van der Waals surface area (Å²) in [5.74, 6) is 0. The van der Waals surface area contributed by atoms with Crippen LogP contribution in [0.5, 0.6) is 0 Å². The Balaban J connectivity index is 1.81. The second-order valence-electron chi connectivity index (χ2n) is 6.83. The summed E-state index contributed by atoms with van der Waals surface area (Å²) in [6.07, 6.45) is 3.72. The van der Waals surface area contributed by atoms with Gasteiger partial charge in [-0.25, -0.2) is 16.8 Å². The van der Waals surface area contributed by atoms with E-state index in [1.54, 1.807) is 24.3 Å². The Labute approximate surface area is 161 Å². The lowest BCUT2D eigenvalue weighted by molar-refractivity contribution is 0.395. The van der Waals surface area contributed by atoms with E-state index in [1.165, 1.54) is 10.6 Å². The third-order valence-corrected chi connectivity index (χ3v) is 7.32. The highest BCUT2D eigenvalue weighted by molar-refractivity contribution is 7.92. The van der Waals surface area contributed by atoms with Crippen LogP contribution < -0.4 is 4.72 Å². The summed E-state index contributed by atoms with van der Waals surface area (Å²) in [4.78, 5) is 0.206. The molecule has 1 aliphatic rings. The number of anilines is 1. The molecule has 0 aromatic heterocycles. The van der Waals surface area contributed by atoms with Crippen LogP contribution in [-0.2, 0) is 39.4 Å². The summed E-state index contributed by atoms with van der Waals surface area (Å²) in [7, 11) is -6.97. The van der Waals surface area contributed by atoms with E-state index < -0.39 is 20.0 Å². The Morgan fingerprint density at radius 1 is 1.00 bits per heavy atom. The zero-order valence-corrected chi connectivity index (χ0v) is 17.1. The molecule has 0 unspecified atom stereocenters. The molecular weight excluding hydrogens is 384 g/mol. The van der Waals surface area contributed by atoms with Crippen LogP contribution in [0.4, 0.5) is 5.69 Å². The lowest BCUT2D eigenvalue weighted by atomic mass is 10.0. The Morgan fingerprint density at radius 3 is 2.33 bits per heavy atom. The number of nitrogens with zero attached hydrogens (tertiary/aromatic N) is 1. The highest BCUT2D eigenvalue weighted by atomic mass is 32.2. The number of hydrogen-bond donors (Lipinski definition) is 1. The molecule has 0 radical (unpaired) electrons. The molecule has 2 aromatic rings. The van der Waals surface area contributed by atoms with Crippen molar-refractivity contribution in [3.05, 3.63) is 59.2 Å². The first-order valence-electron chi connectivity index (χ1n) is 8.88. The van der Waals surface area contributed by atoms with Gasteiger partial charge in [0.2, 0.25) is 10.0 Å². The third kappa shape index (κ3) is 4.69. The topological polar surface area (TPSA) is 83.6 Å². The molecule has 0 atom stereocenters. The van der Waals surface area contributed by atoms with Crippen molar-refractivity contribution in [2.24, 2.45) is 0 Å². The van der Waals surface area contributed by atoms with Crippen molar-refractivity contribution in [3.63, 3.8) is 0 Å². The monoisotopic (exact) mass is 408 g/mol. The first-order chi connectivity index (χ1) is 12.7. The first-order valence-corrected chi connectivity index (χ1v) is 12.2. The van der Waals surface area contributed by atoms with Crippen LogP contribution in [0.2, 0.25) is 0 Å². The van der Waals surface area contributed by atoms with Gasteiger partial charge in [0.1, 0.15) is 0 Å². The molecular formula is C19H24N2O4S2. The van der Waals surface area contributed by atoms with Crippen LogP contribution in [0, 0.1) is 0 Å². The minimum absolute atomic E-state index is 0.206. The van der Waals surface area contributed by atoms with Gasteiger partial charge in [-0.05, 0) is 53.8 Å². The molecule has 0 saturated carbocycles. The molecule has 6 nitrogen and oxygen atoms in total. The van der Waals surface area contributed by atoms with E-state index in [0.717, 1.165) is 29.5 Å². The maximum absolute atomic E-state index is 12.6. The highest BCUT2D eigenvalue weighted by Crippen LogP contribution is 2.25. The first kappa shape index (κ1) is 19.9. The van der Waals surface area contributed by atoms with Gasteiger partial charge in [-0.1, -0.05) is 31.5 Å². The summed E-state index contributed by atoms with van der Waals surface area (Å²) < 4.78 is 52.9. The Hall–Kier alpha value is -1.90. The van der Waals surface area contributed by atoms with Gasteiger partial charge in [0.05, 0.1) is 11.2 Å². The molecule has 1 heterocycles. The van der Waals surface area contributed by atoms with Crippen LogP contribution in [0.1, 0.15) is 30.0 Å². The van der Waals surface area contributed by atoms with Crippen LogP contribution >= 0.6 is 0 Å². The Bertz CT molecular complexity index is 1030. The predicted molar refractivity (Wildman–Crippen MR) is 107 cm³/mol. The van der Waals surface area contributed by atoms with Gasteiger partial charge in [0.15, 0.2) is 0 Å². The summed E-state index contributed by atoms with van der Waals surface area (Å²) >= 11 is 0. The maximum Gasteiger partial charge on any atom is 0.261 e. The minimum atomic E-state index is -3.70. The molecule has 27 heavy (non-hydrogen) atoms. The molecule has 0 amide bonds. The van der Waals surface area contributed by atoms with Crippen LogP contribution in [0.3, 0.4) is 0 Å². The summed E-state index contributed by atoms with van der Waals surface area (Å²) in [6.45, 7) is 2.78. The predicted octanol–water partition coefficient (Wildman–Crippen LogP) is 2.76. The SMILES string of the molecule is CCCc1ccc(S(=O)(=O)Nc2ccc3c(c2)CN(S(C)(=O)=O)CC3)cc1. The Kier molecular flexibility index (Phi) is 5.60. The second kappa shape index (κ2) is 7.61. The molecule has 0 saturated heterocycles. The van der Waals surface area contributed by atoms with Gasteiger partial charge < -0.3 is 0 Å². The summed E-state index contributed by atoms with van der Waals surface area (Å²) in [5.41, 5.74) is 3.40. The highest BCUT2D eigenvalue weighted by Gasteiger charge is 2.24. The van der Waals surface area contributed by atoms with E-state index in [9.17, 15) is 16.8 Å². The van der Waals surface area contributed by atoms with Gasteiger partial charge in [-0.3, -0.25) is 4.72 Å². The van der Waals surface area contributed by atoms with Crippen molar-refractivity contribution in [1.82, 2.24) is 4.31 Å². The van der Waals surface area contributed by atoms with E-state index >= 15 is 0 Å². The number of fused-ring (bicyclic) bond motifs is 1. The van der Waals surface area contributed by atoms with Crippen molar-refractivity contribution in [1.29, 1.82) is 0 Å². The molecule has 8 heteroatoms. The van der Waals surface area contributed by atoms with Crippen molar-refractivity contribution < 1.29 is 16.8 Å². The third-order valence-electron chi connectivity index (χ3n) is 4.68. The Morgan fingerprint density at radius 2 is 1.70 bits per heavy atom. The van der Waals surface area contributed by atoms with Crippen LogP contribution in [-0.4, -0.2) is 33.9 Å². The van der Waals surface area contributed by atoms with Gasteiger partial charge in [-0.2, -0.15) is 4.31 Å². The number of benzene rings is 2. The number of hydrogen-bond acceptors (Lipinski definition) is 4. The summed E-state index contributed by atoms with van der Waals surface area (Å²) in [6, 6.07) is 12.2.